The number of carbonyl (C=O) groups excluding carboxylic acids is 1. The molecule has 0 aliphatic rings. The van der Waals surface area contributed by atoms with Crippen LogP contribution < -0.4 is 5.32 Å². The molecule has 100 valence electrons. The highest BCUT2D eigenvalue weighted by molar-refractivity contribution is 6.05. The second-order valence-electron chi connectivity index (χ2n) is 3.97. The lowest BCUT2D eigenvalue weighted by atomic mass is 10.1. The predicted molar refractivity (Wildman–Crippen MR) is 74.8 cm³/mol. The summed E-state index contributed by atoms with van der Waals surface area (Å²) in [5.41, 5.74) is 1.43. The van der Waals surface area contributed by atoms with Crippen molar-refractivity contribution in [2.24, 2.45) is 0 Å². The van der Waals surface area contributed by atoms with Gasteiger partial charge in [0.05, 0.1) is 5.56 Å². The summed E-state index contributed by atoms with van der Waals surface area (Å²) < 4.78 is 12.8. The first-order valence-electron chi connectivity index (χ1n) is 5.96. The number of hydrogen-bond acceptors (Lipinski definition) is 2. The minimum Gasteiger partial charge on any atom is -0.384 e. The Bertz CT molecular complexity index is 669. The average molecular weight is 269 g/mol. The van der Waals surface area contributed by atoms with Crippen molar-refractivity contribution in [1.29, 1.82) is 0 Å². The first-order valence-corrected chi connectivity index (χ1v) is 5.96. The van der Waals surface area contributed by atoms with Gasteiger partial charge in [-0.1, -0.05) is 24.0 Å². The average Bonchev–Trinajstić information content (AvgIpc) is 2.47. The van der Waals surface area contributed by atoms with Gasteiger partial charge in [-0.3, -0.25) is 4.79 Å². The zero-order valence-corrected chi connectivity index (χ0v) is 10.6. The highest BCUT2D eigenvalue weighted by Crippen LogP contribution is 2.13. The summed E-state index contributed by atoms with van der Waals surface area (Å²) in [6, 6.07) is 12.3. The van der Waals surface area contributed by atoms with E-state index in [0.29, 0.717) is 16.8 Å². The van der Waals surface area contributed by atoms with E-state index in [1.54, 1.807) is 24.3 Å². The Balaban J connectivity index is 2.23. The van der Waals surface area contributed by atoms with Crippen LogP contribution in [-0.2, 0) is 0 Å². The highest BCUT2D eigenvalue weighted by atomic mass is 19.1. The van der Waals surface area contributed by atoms with Gasteiger partial charge in [-0.15, -0.1) is 0 Å². The Morgan fingerprint density at radius 1 is 1.15 bits per heavy atom. The van der Waals surface area contributed by atoms with Crippen LogP contribution in [0, 0.1) is 17.7 Å². The molecule has 0 aromatic heterocycles. The largest absolute Gasteiger partial charge is 0.384 e. The number of aliphatic hydroxyl groups is 1. The van der Waals surface area contributed by atoms with E-state index >= 15 is 0 Å². The molecule has 2 aromatic rings. The summed E-state index contributed by atoms with van der Waals surface area (Å²) in [6.45, 7) is -0.270. The lowest BCUT2D eigenvalue weighted by molar-refractivity contribution is 0.102. The number of nitrogens with one attached hydrogen (secondary N) is 1. The van der Waals surface area contributed by atoms with Crippen molar-refractivity contribution >= 4 is 11.6 Å². The molecule has 0 bridgehead atoms. The summed E-state index contributed by atoms with van der Waals surface area (Å²) >= 11 is 0. The van der Waals surface area contributed by atoms with Crippen LogP contribution in [0.3, 0.4) is 0 Å². The molecule has 0 aliphatic carbocycles. The number of rotatable bonds is 2. The minimum absolute atomic E-state index is 0.270. The Morgan fingerprint density at radius 2 is 1.85 bits per heavy atom. The summed E-state index contributed by atoms with van der Waals surface area (Å²) in [4.78, 5) is 12.1. The van der Waals surface area contributed by atoms with E-state index in [2.05, 4.69) is 17.2 Å². The Labute approximate surface area is 116 Å². The van der Waals surface area contributed by atoms with Gasteiger partial charge in [0.2, 0.25) is 0 Å². The van der Waals surface area contributed by atoms with Crippen LogP contribution in [-0.4, -0.2) is 17.6 Å². The van der Waals surface area contributed by atoms with E-state index in [4.69, 9.17) is 5.11 Å². The van der Waals surface area contributed by atoms with Gasteiger partial charge in [0, 0.05) is 11.3 Å². The number of amides is 1. The molecule has 2 aromatic carbocycles. The van der Waals surface area contributed by atoms with Crippen molar-refractivity contribution in [1.82, 2.24) is 0 Å². The number of carbonyl (C=O) groups is 1. The van der Waals surface area contributed by atoms with E-state index in [1.807, 2.05) is 0 Å². The zero-order valence-electron chi connectivity index (χ0n) is 10.6. The van der Waals surface area contributed by atoms with Gasteiger partial charge in [-0.2, -0.15) is 0 Å². The van der Waals surface area contributed by atoms with Crippen molar-refractivity contribution in [3.63, 3.8) is 0 Å². The molecule has 0 unspecified atom stereocenters. The Morgan fingerprint density at radius 3 is 2.55 bits per heavy atom. The number of halogens is 1. The molecule has 2 N–H and O–H groups in total. The topological polar surface area (TPSA) is 49.3 Å². The molecule has 0 fully saturated rings. The molecule has 3 nitrogen and oxygen atoms in total. The van der Waals surface area contributed by atoms with Crippen LogP contribution in [0.1, 0.15) is 15.9 Å². The van der Waals surface area contributed by atoms with E-state index in [-0.39, 0.29) is 18.3 Å². The zero-order chi connectivity index (χ0) is 14.4. The number of benzene rings is 2. The number of aliphatic hydroxyl groups excluding tert-OH is 1. The van der Waals surface area contributed by atoms with Gasteiger partial charge in [-0.25, -0.2) is 4.39 Å². The lowest BCUT2D eigenvalue weighted by Gasteiger charge is -2.06. The molecule has 0 radical (unpaired) electrons. The van der Waals surface area contributed by atoms with Crippen molar-refractivity contribution in [2.45, 2.75) is 0 Å². The highest BCUT2D eigenvalue weighted by Gasteiger charge is 2.09. The number of hydrogen-bond donors (Lipinski definition) is 2. The molecule has 0 aliphatic heterocycles. The molecule has 0 saturated heterocycles. The summed E-state index contributed by atoms with van der Waals surface area (Å²) in [5.74, 6) is 4.53. The fourth-order valence-electron chi connectivity index (χ4n) is 1.66. The maximum absolute atomic E-state index is 12.8. The maximum Gasteiger partial charge on any atom is 0.256 e. The van der Waals surface area contributed by atoms with Crippen LogP contribution >= 0.6 is 0 Å². The summed E-state index contributed by atoms with van der Waals surface area (Å²) in [6.07, 6.45) is 0. The quantitative estimate of drug-likeness (QED) is 0.823. The summed E-state index contributed by atoms with van der Waals surface area (Å²) in [7, 11) is 0. The predicted octanol–water partition coefficient (Wildman–Crippen LogP) is 2.42. The molecule has 4 heteroatoms. The molecule has 2 rings (SSSR count). The second kappa shape index (κ2) is 6.50. The van der Waals surface area contributed by atoms with E-state index in [1.165, 1.54) is 24.3 Å². The smallest absolute Gasteiger partial charge is 0.256 e. The van der Waals surface area contributed by atoms with Crippen molar-refractivity contribution in [3.8, 4) is 11.8 Å². The van der Waals surface area contributed by atoms with Crippen LogP contribution in [0.5, 0.6) is 0 Å². The molecule has 0 atom stereocenters. The van der Waals surface area contributed by atoms with E-state index in [9.17, 15) is 9.18 Å². The molecule has 0 heterocycles. The Hall–Kier alpha value is -2.64. The Kier molecular flexibility index (Phi) is 4.48. The third-order valence-corrected chi connectivity index (χ3v) is 2.58. The lowest BCUT2D eigenvalue weighted by Crippen LogP contribution is -2.13. The standard InChI is InChI=1S/C16H12FNO2/c17-13-7-9-14(10-8-13)18-16(20)15-6-2-1-4-12(15)5-3-11-19/h1-2,4,6-10,19H,11H2,(H,18,20). The maximum atomic E-state index is 12.8. The minimum atomic E-state index is -0.364. The SMILES string of the molecule is O=C(Nc1ccc(F)cc1)c1ccccc1C#CCO. The molecule has 20 heavy (non-hydrogen) atoms. The number of anilines is 1. The fraction of sp³-hybridized carbons (Fsp3) is 0.0625. The summed E-state index contributed by atoms with van der Waals surface area (Å²) in [5, 5.41) is 11.4. The molecular formula is C16H12FNO2. The van der Waals surface area contributed by atoms with Gasteiger partial charge in [-0.05, 0) is 36.4 Å². The first kappa shape index (κ1) is 13.8. The van der Waals surface area contributed by atoms with Crippen LogP contribution in [0.4, 0.5) is 10.1 Å². The van der Waals surface area contributed by atoms with Crippen LogP contribution in [0.15, 0.2) is 48.5 Å². The normalized spacial score (nSPS) is 9.50. The van der Waals surface area contributed by atoms with Gasteiger partial charge in [0.1, 0.15) is 12.4 Å². The fourth-order valence-corrected chi connectivity index (χ4v) is 1.66. The van der Waals surface area contributed by atoms with Crippen LogP contribution in [0.2, 0.25) is 0 Å². The van der Waals surface area contributed by atoms with Gasteiger partial charge >= 0.3 is 0 Å². The molecule has 0 saturated carbocycles. The van der Waals surface area contributed by atoms with Gasteiger partial charge in [0.15, 0.2) is 0 Å². The third kappa shape index (κ3) is 3.44. The van der Waals surface area contributed by atoms with E-state index in [0.717, 1.165) is 0 Å². The van der Waals surface area contributed by atoms with Gasteiger partial charge < -0.3 is 10.4 Å². The van der Waals surface area contributed by atoms with Crippen molar-refractivity contribution < 1.29 is 14.3 Å². The monoisotopic (exact) mass is 269 g/mol. The molecular weight excluding hydrogens is 257 g/mol. The van der Waals surface area contributed by atoms with Crippen molar-refractivity contribution in [3.05, 3.63) is 65.5 Å². The molecule has 1 amide bonds. The second-order valence-corrected chi connectivity index (χ2v) is 3.97. The molecule has 0 spiro atoms. The third-order valence-electron chi connectivity index (χ3n) is 2.58. The van der Waals surface area contributed by atoms with Crippen molar-refractivity contribution in [2.75, 3.05) is 11.9 Å². The van der Waals surface area contributed by atoms with E-state index < -0.39 is 0 Å². The first-order chi connectivity index (χ1) is 9.70. The van der Waals surface area contributed by atoms with Gasteiger partial charge in [0.25, 0.3) is 5.91 Å². The van der Waals surface area contributed by atoms with Crippen LogP contribution in [0.25, 0.3) is 0 Å².